The number of hydrogen-bond donors (Lipinski definition) is 1. The predicted molar refractivity (Wildman–Crippen MR) is 89.4 cm³/mol. The van der Waals surface area contributed by atoms with E-state index in [9.17, 15) is 0 Å². The van der Waals surface area contributed by atoms with Crippen molar-refractivity contribution in [1.82, 2.24) is 19.7 Å². The molecule has 0 bridgehead atoms. The van der Waals surface area contributed by atoms with Gasteiger partial charge in [-0.3, -0.25) is 4.68 Å². The first-order valence-electron chi connectivity index (χ1n) is 7.31. The largest absolute Gasteiger partial charge is 0.370 e. The Morgan fingerprint density at radius 2 is 2.14 bits per heavy atom. The molecular formula is C15H23N5S. The Kier molecular flexibility index (Phi) is 5.61. The highest BCUT2D eigenvalue weighted by Crippen LogP contribution is 2.22. The lowest BCUT2D eigenvalue weighted by Gasteiger charge is -2.09. The average molecular weight is 305 g/mol. The van der Waals surface area contributed by atoms with Crippen LogP contribution in [0, 0.1) is 0 Å². The van der Waals surface area contributed by atoms with E-state index in [4.69, 9.17) is 0 Å². The van der Waals surface area contributed by atoms with Crippen molar-refractivity contribution in [1.29, 1.82) is 0 Å². The molecule has 6 heteroatoms. The maximum Gasteiger partial charge on any atom is 0.141 e. The number of rotatable bonds is 7. The van der Waals surface area contributed by atoms with Crippen LogP contribution in [0.1, 0.15) is 33.0 Å². The molecule has 0 aromatic carbocycles. The first kappa shape index (κ1) is 15.8. The van der Waals surface area contributed by atoms with Crippen LogP contribution in [0.2, 0.25) is 0 Å². The van der Waals surface area contributed by atoms with Crippen LogP contribution >= 0.6 is 11.8 Å². The van der Waals surface area contributed by atoms with Gasteiger partial charge in [-0.15, -0.1) is 0 Å². The number of aromatic nitrogens is 4. The van der Waals surface area contributed by atoms with E-state index >= 15 is 0 Å². The third-order valence-corrected chi connectivity index (χ3v) is 3.97. The average Bonchev–Trinajstić information content (AvgIpc) is 2.89. The summed E-state index contributed by atoms with van der Waals surface area (Å²) in [6, 6.07) is 2.00. The Hall–Kier alpha value is -1.56. The van der Waals surface area contributed by atoms with Crippen LogP contribution in [0.5, 0.6) is 0 Å². The Bertz CT molecular complexity index is 579. The van der Waals surface area contributed by atoms with Crippen molar-refractivity contribution in [2.45, 2.75) is 38.2 Å². The fourth-order valence-electron chi connectivity index (χ4n) is 1.85. The van der Waals surface area contributed by atoms with Crippen LogP contribution in [0.3, 0.4) is 0 Å². The minimum absolute atomic E-state index is 0.572. The summed E-state index contributed by atoms with van der Waals surface area (Å²) in [5.74, 6) is 2.59. The molecule has 0 amide bonds. The van der Waals surface area contributed by atoms with E-state index in [0.717, 1.165) is 41.6 Å². The van der Waals surface area contributed by atoms with Crippen molar-refractivity contribution >= 4 is 17.6 Å². The summed E-state index contributed by atoms with van der Waals surface area (Å²) in [4.78, 5) is 9.28. The van der Waals surface area contributed by atoms with Crippen molar-refractivity contribution in [2.24, 2.45) is 7.05 Å². The molecular weight excluding hydrogens is 282 g/mol. The van der Waals surface area contributed by atoms with Crippen molar-refractivity contribution in [3.05, 3.63) is 24.3 Å². The lowest BCUT2D eigenvalue weighted by molar-refractivity contribution is 0.768. The third-order valence-electron chi connectivity index (χ3n) is 2.87. The van der Waals surface area contributed by atoms with Crippen molar-refractivity contribution in [3.63, 3.8) is 0 Å². The van der Waals surface area contributed by atoms with Gasteiger partial charge in [0.15, 0.2) is 0 Å². The van der Waals surface area contributed by atoms with E-state index in [2.05, 4.69) is 41.2 Å². The van der Waals surface area contributed by atoms with Gasteiger partial charge in [-0.1, -0.05) is 20.8 Å². The maximum atomic E-state index is 4.67. The Labute approximate surface area is 130 Å². The molecule has 2 aromatic rings. The third kappa shape index (κ3) is 4.74. The van der Waals surface area contributed by atoms with Gasteiger partial charge >= 0.3 is 0 Å². The zero-order valence-electron chi connectivity index (χ0n) is 13.1. The van der Waals surface area contributed by atoms with Crippen molar-refractivity contribution in [3.8, 4) is 11.3 Å². The van der Waals surface area contributed by atoms with Crippen molar-refractivity contribution in [2.75, 3.05) is 11.9 Å². The molecule has 0 aliphatic heterocycles. The van der Waals surface area contributed by atoms with E-state index in [0.29, 0.717) is 5.25 Å². The molecule has 0 fully saturated rings. The molecule has 0 saturated heterocycles. The molecule has 0 spiro atoms. The second kappa shape index (κ2) is 7.45. The number of nitrogens with zero attached hydrogens (tertiary/aromatic N) is 4. The number of thioether (sulfide) groups is 1. The summed E-state index contributed by atoms with van der Waals surface area (Å²) >= 11 is 1.85. The number of anilines is 1. The van der Waals surface area contributed by atoms with Gasteiger partial charge in [-0.05, 0) is 11.7 Å². The predicted octanol–water partition coefficient (Wildman–Crippen LogP) is 3.34. The lowest BCUT2D eigenvalue weighted by atomic mass is 10.2. The topological polar surface area (TPSA) is 55.6 Å². The quantitative estimate of drug-likeness (QED) is 0.850. The Morgan fingerprint density at radius 1 is 1.33 bits per heavy atom. The summed E-state index contributed by atoms with van der Waals surface area (Å²) in [5, 5.41) is 8.14. The molecule has 0 unspecified atom stereocenters. The first-order chi connectivity index (χ1) is 10.1. The Morgan fingerprint density at radius 3 is 2.76 bits per heavy atom. The van der Waals surface area contributed by atoms with E-state index in [1.54, 1.807) is 4.68 Å². The van der Waals surface area contributed by atoms with Gasteiger partial charge in [-0.2, -0.15) is 16.9 Å². The molecule has 0 radical (unpaired) electrons. The molecule has 0 aliphatic rings. The van der Waals surface area contributed by atoms with Crippen LogP contribution in [0.25, 0.3) is 11.3 Å². The Balaban J connectivity index is 2.27. The smallest absolute Gasteiger partial charge is 0.141 e. The van der Waals surface area contributed by atoms with E-state index in [1.165, 1.54) is 0 Å². The lowest BCUT2D eigenvalue weighted by Crippen LogP contribution is -2.06. The van der Waals surface area contributed by atoms with Crippen LogP contribution in [0.15, 0.2) is 18.5 Å². The van der Waals surface area contributed by atoms with Gasteiger partial charge in [0.1, 0.15) is 11.6 Å². The van der Waals surface area contributed by atoms with Crippen molar-refractivity contribution < 1.29 is 0 Å². The summed E-state index contributed by atoms with van der Waals surface area (Å²) in [6.07, 6.45) is 4.89. The monoisotopic (exact) mass is 305 g/mol. The van der Waals surface area contributed by atoms with Gasteiger partial charge in [0.2, 0.25) is 0 Å². The fourth-order valence-corrected chi connectivity index (χ4v) is 2.46. The first-order valence-corrected chi connectivity index (χ1v) is 8.35. The second-order valence-corrected chi connectivity index (χ2v) is 6.81. The normalized spacial score (nSPS) is 11.1. The molecule has 0 aliphatic carbocycles. The molecule has 0 atom stereocenters. The minimum atomic E-state index is 0.572. The van der Waals surface area contributed by atoms with Crippen LogP contribution in [-0.2, 0) is 12.8 Å². The number of hydrogen-bond acceptors (Lipinski definition) is 5. The molecule has 2 heterocycles. The summed E-state index contributed by atoms with van der Waals surface area (Å²) in [5.41, 5.74) is 1.95. The van der Waals surface area contributed by atoms with E-state index in [1.807, 2.05) is 37.3 Å². The zero-order chi connectivity index (χ0) is 15.2. The highest BCUT2D eigenvalue weighted by Gasteiger charge is 2.09. The van der Waals surface area contributed by atoms with Gasteiger partial charge < -0.3 is 5.32 Å². The van der Waals surface area contributed by atoms with Crippen LogP contribution in [0.4, 0.5) is 5.82 Å². The molecule has 21 heavy (non-hydrogen) atoms. The molecule has 2 rings (SSSR count). The summed E-state index contributed by atoms with van der Waals surface area (Å²) in [7, 11) is 1.91. The summed E-state index contributed by atoms with van der Waals surface area (Å²) in [6.45, 7) is 7.43. The molecule has 5 nitrogen and oxygen atoms in total. The fraction of sp³-hybridized carbons (Fsp3) is 0.533. The molecule has 0 saturated carbocycles. The van der Waals surface area contributed by atoms with Crippen LogP contribution in [-0.4, -0.2) is 31.5 Å². The molecule has 114 valence electrons. The highest BCUT2D eigenvalue weighted by molar-refractivity contribution is 7.99. The minimum Gasteiger partial charge on any atom is -0.370 e. The van der Waals surface area contributed by atoms with Gasteiger partial charge in [0.25, 0.3) is 0 Å². The SMILES string of the molecule is CCCNc1cc(-c2cnn(C)c2)nc(CSC(C)C)n1. The maximum absolute atomic E-state index is 4.67. The number of nitrogens with one attached hydrogen (secondary N) is 1. The van der Waals surface area contributed by atoms with E-state index in [-0.39, 0.29) is 0 Å². The molecule has 1 N–H and O–H groups in total. The van der Waals surface area contributed by atoms with Gasteiger partial charge in [-0.25, -0.2) is 9.97 Å². The standard InChI is InChI=1S/C15H23N5S/c1-5-6-16-14-7-13(12-8-17-20(4)9-12)18-15(19-14)10-21-11(2)3/h7-9,11H,5-6,10H2,1-4H3,(H,16,18,19). The zero-order valence-corrected chi connectivity index (χ0v) is 13.9. The van der Waals surface area contributed by atoms with E-state index < -0.39 is 0 Å². The molecule has 2 aromatic heterocycles. The highest BCUT2D eigenvalue weighted by atomic mass is 32.2. The van der Waals surface area contributed by atoms with Crippen LogP contribution < -0.4 is 5.32 Å². The number of aryl methyl sites for hydroxylation is 1. The van der Waals surface area contributed by atoms with Gasteiger partial charge in [0.05, 0.1) is 17.6 Å². The second-order valence-electron chi connectivity index (χ2n) is 5.24. The summed E-state index contributed by atoms with van der Waals surface area (Å²) < 4.78 is 1.79. The van der Waals surface area contributed by atoms with Gasteiger partial charge in [0, 0.05) is 31.4 Å².